The molecule has 1 aliphatic carbocycles. The Morgan fingerprint density at radius 2 is 2.12 bits per heavy atom. The number of carbonyl (C=O) groups is 2. The van der Waals surface area contributed by atoms with Gasteiger partial charge in [-0.15, -0.1) is 0 Å². The van der Waals surface area contributed by atoms with Crippen LogP contribution in [0.25, 0.3) is 0 Å². The number of nitrogens with one attached hydrogen (secondary N) is 1. The maximum atomic E-state index is 11.8. The van der Waals surface area contributed by atoms with Gasteiger partial charge in [0.1, 0.15) is 0 Å². The van der Waals surface area contributed by atoms with Crippen molar-refractivity contribution in [2.45, 2.75) is 32.1 Å². The molecule has 0 aromatic rings. The molecule has 0 aromatic carbocycles. The highest BCUT2D eigenvalue weighted by Gasteiger charge is 2.48. The number of hydrogen-bond acceptors (Lipinski definition) is 3. The van der Waals surface area contributed by atoms with Gasteiger partial charge < -0.3 is 15.2 Å². The SMILES string of the molecule is COCCC1(C(=O)NCCCC(=O)O)CC1. The van der Waals surface area contributed by atoms with E-state index in [4.69, 9.17) is 9.84 Å². The minimum Gasteiger partial charge on any atom is -0.481 e. The maximum absolute atomic E-state index is 11.8. The number of ether oxygens (including phenoxy) is 1. The fraction of sp³-hybridized carbons (Fsp3) is 0.818. The van der Waals surface area contributed by atoms with Crippen molar-refractivity contribution in [1.82, 2.24) is 5.32 Å². The molecule has 5 nitrogen and oxygen atoms in total. The zero-order chi connectivity index (χ0) is 12.0. The largest absolute Gasteiger partial charge is 0.481 e. The summed E-state index contributed by atoms with van der Waals surface area (Å²) in [6.07, 6.45) is 3.18. The second-order valence-electron chi connectivity index (χ2n) is 4.28. The zero-order valence-corrected chi connectivity index (χ0v) is 9.62. The highest BCUT2D eigenvalue weighted by molar-refractivity contribution is 5.85. The van der Waals surface area contributed by atoms with Crippen LogP contribution in [0.5, 0.6) is 0 Å². The van der Waals surface area contributed by atoms with Gasteiger partial charge in [-0.25, -0.2) is 0 Å². The Balaban J connectivity index is 2.17. The van der Waals surface area contributed by atoms with Crippen molar-refractivity contribution < 1.29 is 19.4 Å². The molecule has 5 heteroatoms. The van der Waals surface area contributed by atoms with Gasteiger partial charge in [-0.2, -0.15) is 0 Å². The van der Waals surface area contributed by atoms with Gasteiger partial charge >= 0.3 is 5.97 Å². The summed E-state index contributed by atoms with van der Waals surface area (Å²) in [4.78, 5) is 22.0. The Hall–Kier alpha value is -1.10. The number of carboxylic acid groups (broad SMARTS) is 1. The van der Waals surface area contributed by atoms with Gasteiger partial charge in [0, 0.05) is 26.7 Å². The van der Waals surface area contributed by atoms with Gasteiger partial charge in [-0.05, 0) is 25.7 Å². The molecule has 0 atom stereocenters. The summed E-state index contributed by atoms with van der Waals surface area (Å²) in [5.41, 5.74) is -0.223. The molecular weight excluding hydrogens is 210 g/mol. The number of methoxy groups -OCH3 is 1. The van der Waals surface area contributed by atoms with Crippen LogP contribution in [0.1, 0.15) is 32.1 Å². The lowest BCUT2D eigenvalue weighted by Crippen LogP contribution is -2.33. The summed E-state index contributed by atoms with van der Waals surface area (Å²) < 4.78 is 4.97. The predicted octanol–water partition coefficient (Wildman–Crippen LogP) is 0.784. The lowest BCUT2D eigenvalue weighted by Gasteiger charge is -2.14. The first-order chi connectivity index (χ1) is 7.60. The number of amides is 1. The first kappa shape index (κ1) is 13.0. The van der Waals surface area contributed by atoms with E-state index in [1.165, 1.54) is 0 Å². The molecule has 0 bridgehead atoms. The van der Waals surface area contributed by atoms with E-state index in [0.717, 1.165) is 19.3 Å². The van der Waals surface area contributed by atoms with Crippen molar-refractivity contribution in [3.05, 3.63) is 0 Å². The third kappa shape index (κ3) is 3.81. The first-order valence-corrected chi connectivity index (χ1v) is 5.60. The van der Waals surface area contributed by atoms with Gasteiger partial charge in [0.25, 0.3) is 0 Å². The summed E-state index contributed by atoms with van der Waals surface area (Å²) in [6.45, 7) is 1.04. The first-order valence-electron chi connectivity index (χ1n) is 5.60. The minimum atomic E-state index is -0.824. The van der Waals surface area contributed by atoms with Crippen molar-refractivity contribution in [3.63, 3.8) is 0 Å². The number of aliphatic carboxylic acids is 1. The molecule has 92 valence electrons. The maximum Gasteiger partial charge on any atom is 0.303 e. The van der Waals surface area contributed by atoms with Crippen LogP contribution in [-0.2, 0) is 14.3 Å². The Bertz CT molecular complexity index is 261. The smallest absolute Gasteiger partial charge is 0.303 e. The molecule has 0 aliphatic heterocycles. The topological polar surface area (TPSA) is 75.6 Å². The molecule has 1 amide bonds. The highest BCUT2D eigenvalue weighted by Crippen LogP contribution is 2.48. The number of carboxylic acids is 1. The molecular formula is C11H19NO4. The fourth-order valence-electron chi connectivity index (χ4n) is 1.67. The lowest BCUT2D eigenvalue weighted by atomic mass is 10.0. The molecule has 2 N–H and O–H groups in total. The van der Waals surface area contributed by atoms with E-state index in [9.17, 15) is 9.59 Å². The van der Waals surface area contributed by atoms with Crippen molar-refractivity contribution in [2.75, 3.05) is 20.3 Å². The quantitative estimate of drug-likeness (QED) is 0.603. The van der Waals surface area contributed by atoms with Crippen LogP contribution in [0.3, 0.4) is 0 Å². The Labute approximate surface area is 95.2 Å². The summed E-state index contributed by atoms with van der Waals surface area (Å²) in [5, 5.41) is 11.2. The van der Waals surface area contributed by atoms with E-state index in [-0.39, 0.29) is 17.7 Å². The molecule has 16 heavy (non-hydrogen) atoms. The molecule has 1 aliphatic rings. The zero-order valence-electron chi connectivity index (χ0n) is 9.62. The van der Waals surface area contributed by atoms with Gasteiger partial charge in [-0.1, -0.05) is 0 Å². The van der Waals surface area contributed by atoms with E-state index in [1.54, 1.807) is 7.11 Å². The van der Waals surface area contributed by atoms with Crippen molar-refractivity contribution >= 4 is 11.9 Å². The Morgan fingerprint density at radius 3 is 2.62 bits per heavy atom. The van der Waals surface area contributed by atoms with Crippen LogP contribution < -0.4 is 5.32 Å². The summed E-state index contributed by atoms with van der Waals surface area (Å²) in [6, 6.07) is 0. The molecule has 1 fully saturated rings. The lowest BCUT2D eigenvalue weighted by molar-refractivity contribution is -0.137. The second kappa shape index (κ2) is 5.84. The average molecular weight is 229 g/mol. The van der Waals surface area contributed by atoms with Crippen molar-refractivity contribution in [1.29, 1.82) is 0 Å². The van der Waals surface area contributed by atoms with Crippen LogP contribution >= 0.6 is 0 Å². The Kier molecular flexibility index (Phi) is 4.73. The van der Waals surface area contributed by atoms with E-state index in [1.807, 2.05) is 0 Å². The van der Waals surface area contributed by atoms with Gasteiger partial charge in [0.05, 0.1) is 5.41 Å². The summed E-state index contributed by atoms with van der Waals surface area (Å²) >= 11 is 0. The monoisotopic (exact) mass is 229 g/mol. The molecule has 1 saturated carbocycles. The second-order valence-corrected chi connectivity index (χ2v) is 4.28. The normalized spacial score (nSPS) is 16.8. The molecule has 0 saturated heterocycles. The van der Waals surface area contributed by atoms with Crippen molar-refractivity contribution in [2.24, 2.45) is 5.41 Å². The number of hydrogen-bond donors (Lipinski definition) is 2. The molecule has 0 spiro atoms. The van der Waals surface area contributed by atoms with E-state index in [0.29, 0.717) is 19.6 Å². The molecule has 0 radical (unpaired) electrons. The van der Waals surface area contributed by atoms with Gasteiger partial charge in [-0.3, -0.25) is 9.59 Å². The molecule has 0 unspecified atom stereocenters. The van der Waals surface area contributed by atoms with Crippen molar-refractivity contribution in [3.8, 4) is 0 Å². The van der Waals surface area contributed by atoms with Gasteiger partial charge in [0.2, 0.25) is 5.91 Å². The van der Waals surface area contributed by atoms with Crippen LogP contribution in [0.2, 0.25) is 0 Å². The van der Waals surface area contributed by atoms with Crippen LogP contribution in [0, 0.1) is 5.41 Å². The van der Waals surface area contributed by atoms with Gasteiger partial charge in [0.15, 0.2) is 0 Å². The summed E-state index contributed by atoms with van der Waals surface area (Å²) in [7, 11) is 1.63. The summed E-state index contributed by atoms with van der Waals surface area (Å²) in [5.74, 6) is -0.773. The third-order valence-corrected chi connectivity index (χ3v) is 2.97. The molecule has 0 heterocycles. The van der Waals surface area contributed by atoms with Crippen LogP contribution in [-0.4, -0.2) is 37.2 Å². The van der Waals surface area contributed by atoms with E-state index < -0.39 is 5.97 Å². The fourth-order valence-corrected chi connectivity index (χ4v) is 1.67. The number of carbonyl (C=O) groups excluding carboxylic acids is 1. The standard InChI is InChI=1S/C11H19NO4/c1-16-8-6-11(4-5-11)10(15)12-7-2-3-9(13)14/h2-8H2,1H3,(H,12,15)(H,13,14). The van der Waals surface area contributed by atoms with Crippen LogP contribution in [0.4, 0.5) is 0 Å². The molecule has 0 aromatic heterocycles. The highest BCUT2D eigenvalue weighted by atomic mass is 16.5. The Morgan fingerprint density at radius 1 is 1.44 bits per heavy atom. The average Bonchev–Trinajstić information content (AvgIpc) is 3.02. The van der Waals surface area contributed by atoms with Crippen LogP contribution in [0.15, 0.2) is 0 Å². The predicted molar refractivity (Wildman–Crippen MR) is 58.0 cm³/mol. The van der Waals surface area contributed by atoms with E-state index in [2.05, 4.69) is 5.32 Å². The minimum absolute atomic E-state index is 0.0509. The van der Waals surface area contributed by atoms with E-state index >= 15 is 0 Å². The molecule has 1 rings (SSSR count). The number of rotatable bonds is 8. The third-order valence-electron chi connectivity index (χ3n) is 2.97.